The maximum atomic E-state index is 13.2. The Labute approximate surface area is 165 Å². The van der Waals surface area contributed by atoms with Crippen LogP contribution in [0.5, 0.6) is 0 Å². The van der Waals surface area contributed by atoms with Crippen molar-refractivity contribution in [2.45, 2.75) is 31.2 Å². The van der Waals surface area contributed by atoms with Gasteiger partial charge < -0.3 is 5.32 Å². The Morgan fingerprint density at radius 3 is 2.70 bits per heavy atom. The highest BCUT2D eigenvalue weighted by Crippen LogP contribution is 2.25. The Morgan fingerprint density at radius 1 is 1.22 bits per heavy atom. The maximum absolute atomic E-state index is 13.2. The smallest absolute Gasteiger partial charge is 0.237 e. The Morgan fingerprint density at radius 2 is 2.00 bits per heavy atom. The van der Waals surface area contributed by atoms with Crippen LogP contribution in [0.2, 0.25) is 5.02 Å². The summed E-state index contributed by atoms with van der Waals surface area (Å²) < 4.78 is 14.8. The summed E-state index contributed by atoms with van der Waals surface area (Å²) >= 11 is 6.97. The van der Waals surface area contributed by atoms with E-state index in [4.69, 9.17) is 11.6 Å². The first kappa shape index (κ1) is 19.3. The zero-order chi connectivity index (χ0) is 19.6. The molecule has 1 atom stereocenters. The molecule has 0 radical (unpaired) electrons. The van der Waals surface area contributed by atoms with Gasteiger partial charge in [0.2, 0.25) is 11.1 Å². The van der Waals surface area contributed by atoms with Crippen molar-refractivity contribution in [1.82, 2.24) is 20.2 Å². The van der Waals surface area contributed by atoms with Crippen LogP contribution in [0.3, 0.4) is 0 Å². The van der Waals surface area contributed by atoms with Crippen molar-refractivity contribution in [1.29, 1.82) is 0 Å². The number of hydrogen-bond acceptors (Lipinski definition) is 5. The van der Waals surface area contributed by atoms with E-state index in [2.05, 4.69) is 20.8 Å². The lowest BCUT2D eigenvalue weighted by molar-refractivity contribution is -0.115. The first-order valence-electron chi connectivity index (χ1n) is 8.13. The molecule has 1 aromatic heterocycles. The van der Waals surface area contributed by atoms with Crippen molar-refractivity contribution in [3.63, 3.8) is 0 Å². The van der Waals surface area contributed by atoms with Gasteiger partial charge >= 0.3 is 0 Å². The van der Waals surface area contributed by atoms with Gasteiger partial charge in [-0.2, -0.15) is 4.68 Å². The summed E-state index contributed by atoms with van der Waals surface area (Å²) in [5, 5.41) is 14.4. The molecule has 1 N–H and O–H groups in total. The molecule has 0 aliphatic heterocycles. The Bertz CT molecular complexity index is 994. The normalized spacial score (nSPS) is 12.0. The van der Waals surface area contributed by atoms with Gasteiger partial charge in [-0.05, 0) is 72.7 Å². The fourth-order valence-electron chi connectivity index (χ4n) is 2.30. The molecule has 1 unspecified atom stereocenters. The highest BCUT2D eigenvalue weighted by molar-refractivity contribution is 8.00. The van der Waals surface area contributed by atoms with E-state index in [1.165, 1.54) is 35.5 Å². The quantitative estimate of drug-likeness (QED) is 0.644. The highest BCUT2D eigenvalue weighted by Gasteiger charge is 2.20. The molecular formula is C18H17ClFN5OS. The minimum Gasteiger partial charge on any atom is -0.325 e. The topological polar surface area (TPSA) is 72.7 Å². The van der Waals surface area contributed by atoms with E-state index in [0.717, 1.165) is 11.3 Å². The van der Waals surface area contributed by atoms with Crippen molar-refractivity contribution < 1.29 is 9.18 Å². The second-order valence-corrected chi connectivity index (χ2v) is 7.74. The summed E-state index contributed by atoms with van der Waals surface area (Å²) in [7, 11) is 0. The Balaban J connectivity index is 1.73. The predicted molar refractivity (Wildman–Crippen MR) is 104 cm³/mol. The van der Waals surface area contributed by atoms with E-state index >= 15 is 0 Å². The highest BCUT2D eigenvalue weighted by atomic mass is 35.5. The summed E-state index contributed by atoms with van der Waals surface area (Å²) in [4.78, 5) is 12.4. The molecule has 140 valence electrons. The van der Waals surface area contributed by atoms with Crippen molar-refractivity contribution in [2.24, 2.45) is 0 Å². The van der Waals surface area contributed by atoms with Crippen molar-refractivity contribution in [3.8, 4) is 5.69 Å². The van der Waals surface area contributed by atoms with Gasteiger partial charge in [0.25, 0.3) is 0 Å². The minimum atomic E-state index is -0.537. The molecule has 0 aliphatic rings. The molecule has 0 aliphatic carbocycles. The summed E-state index contributed by atoms with van der Waals surface area (Å²) in [5.74, 6) is -0.804. The number of nitrogens with one attached hydrogen (secondary N) is 1. The van der Waals surface area contributed by atoms with Gasteiger partial charge in [-0.25, -0.2) is 4.39 Å². The van der Waals surface area contributed by atoms with Gasteiger partial charge in [0.05, 0.1) is 16.0 Å². The van der Waals surface area contributed by atoms with E-state index in [-0.39, 0.29) is 10.9 Å². The first-order chi connectivity index (χ1) is 12.8. The number of rotatable bonds is 5. The molecule has 0 saturated carbocycles. The number of carbonyl (C=O) groups is 1. The molecule has 6 nitrogen and oxygen atoms in total. The summed E-state index contributed by atoms with van der Waals surface area (Å²) in [6, 6.07) is 9.93. The number of carbonyl (C=O) groups excluding carboxylic acids is 1. The lowest BCUT2D eigenvalue weighted by Gasteiger charge is -2.12. The zero-order valence-electron chi connectivity index (χ0n) is 14.9. The predicted octanol–water partition coefficient (Wildman–Crippen LogP) is 4.19. The van der Waals surface area contributed by atoms with Crippen molar-refractivity contribution in [2.75, 3.05) is 5.32 Å². The molecule has 3 aromatic rings. The lowest BCUT2D eigenvalue weighted by atomic mass is 10.1. The molecule has 1 amide bonds. The monoisotopic (exact) mass is 405 g/mol. The van der Waals surface area contributed by atoms with Crippen LogP contribution >= 0.6 is 23.4 Å². The summed E-state index contributed by atoms with van der Waals surface area (Å²) in [6.07, 6.45) is 0. The molecule has 2 aromatic carbocycles. The average molecular weight is 406 g/mol. The average Bonchev–Trinajstić information content (AvgIpc) is 3.08. The van der Waals surface area contributed by atoms with Crippen LogP contribution in [0.1, 0.15) is 18.1 Å². The standard InChI is InChI=1S/C18H17ClFN5OS/c1-10-4-6-14(8-11(10)2)25-18(22-23-24-25)27-12(3)17(26)21-13-5-7-16(20)15(19)9-13/h4-9,12H,1-3H3,(H,21,26). The molecule has 27 heavy (non-hydrogen) atoms. The van der Waals surface area contributed by atoms with E-state index < -0.39 is 11.1 Å². The number of tetrazole rings is 1. The molecule has 0 spiro atoms. The van der Waals surface area contributed by atoms with E-state index in [9.17, 15) is 9.18 Å². The molecule has 3 rings (SSSR count). The molecule has 0 bridgehead atoms. The number of benzene rings is 2. The number of amides is 1. The number of aromatic nitrogens is 4. The fourth-order valence-corrected chi connectivity index (χ4v) is 3.29. The Kier molecular flexibility index (Phi) is 5.76. The zero-order valence-corrected chi connectivity index (χ0v) is 16.5. The van der Waals surface area contributed by atoms with Crippen LogP contribution < -0.4 is 5.32 Å². The van der Waals surface area contributed by atoms with Crippen molar-refractivity contribution >= 4 is 35.0 Å². The first-order valence-corrected chi connectivity index (χ1v) is 9.39. The fraction of sp³-hybridized carbons (Fsp3) is 0.222. The van der Waals surface area contributed by atoms with Gasteiger partial charge in [-0.15, -0.1) is 5.10 Å². The largest absolute Gasteiger partial charge is 0.325 e. The maximum Gasteiger partial charge on any atom is 0.237 e. The molecule has 1 heterocycles. The summed E-state index contributed by atoms with van der Waals surface area (Å²) in [6.45, 7) is 5.78. The van der Waals surface area contributed by atoms with Gasteiger partial charge in [0.15, 0.2) is 0 Å². The number of nitrogens with zero attached hydrogens (tertiary/aromatic N) is 4. The third kappa shape index (κ3) is 4.45. The SMILES string of the molecule is Cc1ccc(-n2nnnc2SC(C)C(=O)Nc2ccc(F)c(Cl)c2)cc1C. The number of hydrogen-bond donors (Lipinski definition) is 1. The molecular weight excluding hydrogens is 389 g/mol. The van der Waals surface area contributed by atoms with Crippen molar-refractivity contribution in [3.05, 3.63) is 58.4 Å². The lowest BCUT2D eigenvalue weighted by Crippen LogP contribution is -2.23. The van der Waals surface area contributed by atoms with Crippen LogP contribution in [-0.2, 0) is 4.79 Å². The Hall–Kier alpha value is -2.45. The van der Waals surface area contributed by atoms with Gasteiger partial charge in [0, 0.05) is 5.69 Å². The van der Waals surface area contributed by atoms with Crippen LogP contribution in [0.4, 0.5) is 10.1 Å². The van der Waals surface area contributed by atoms with Crippen LogP contribution in [0.15, 0.2) is 41.6 Å². The minimum absolute atomic E-state index is 0.0493. The second kappa shape index (κ2) is 8.06. The molecule has 0 fully saturated rings. The second-order valence-electron chi connectivity index (χ2n) is 6.02. The number of aryl methyl sites for hydroxylation is 2. The third-order valence-corrected chi connectivity index (χ3v) is 5.34. The third-order valence-electron chi connectivity index (χ3n) is 4.01. The number of anilines is 1. The summed E-state index contributed by atoms with van der Waals surface area (Å²) in [5.41, 5.74) is 3.54. The van der Waals surface area contributed by atoms with Gasteiger partial charge in [0.1, 0.15) is 5.82 Å². The number of thioether (sulfide) groups is 1. The van der Waals surface area contributed by atoms with Crippen LogP contribution in [0.25, 0.3) is 5.69 Å². The van der Waals surface area contributed by atoms with Crippen LogP contribution in [0, 0.1) is 19.7 Å². The molecule has 0 saturated heterocycles. The van der Waals surface area contributed by atoms with Gasteiger partial charge in [-0.1, -0.05) is 29.4 Å². The van der Waals surface area contributed by atoms with E-state index in [0.29, 0.717) is 10.8 Å². The molecule has 9 heteroatoms. The van der Waals surface area contributed by atoms with Crippen LogP contribution in [-0.4, -0.2) is 31.4 Å². The van der Waals surface area contributed by atoms with E-state index in [1.54, 1.807) is 11.6 Å². The van der Waals surface area contributed by atoms with Gasteiger partial charge in [-0.3, -0.25) is 4.79 Å². The van der Waals surface area contributed by atoms with E-state index in [1.807, 2.05) is 32.0 Å². The number of halogens is 2.